The number of ether oxygens (including phenoxy) is 2. The maximum Gasteiger partial charge on any atom is 0.338 e. The second-order valence-corrected chi connectivity index (χ2v) is 9.02. The van der Waals surface area contributed by atoms with Crippen LogP contribution in [0.1, 0.15) is 10.4 Å². The van der Waals surface area contributed by atoms with Gasteiger partial charge in [-0.3, -0.25) is 20.2 Å². The molecule has 0 atom stereocenters. The van der Waals surface area contributed by atoms with Crippen LogP contribution in [-0.2, 0) is 16.6 Å². The Kier molecular flexibility index (Phi) is 7.56. The average molecular weight is 527 g/mol. The molecule has 12 nitrogen and oxygen atoms in total. The molecule has 1 N–H and O–H groups in total. The van der Waals surface area contributed by atoms with Crippen LogP contribution in [0.5, 0.6) is 5.75 Å². The molecule has 0 saturated carbocycles. The van der Waals surface area contributed by atoms with E-state index in [1.54, 1.807) is 36.2 Å². The van der Waals surface area contributed by atoms with Gasteiger partial charge in [0.2, 0.25) is 0 Å². The van der Waals surface area contributed by atoms with Crippen molar-refractivity contribution in [2.75, 3.05) is 19.0 Å². The number of hydrogen-bond donors (Lipinski definition) is 1. The number of nitrogens with zero attached hydrogens (tertiary/aromatic N) is 5. The first-order valence-corrected chi connectivity index (χ1v) is 11.9. The second kappa shape index (κ2) is 11.0. The number of esters is 1. The van der Waals surface area contributed by atoms with Crippen LogP contribution in [0.15, 0.2) is 64.2 Å². The summed E-state index contributed by atoms with van der Waals surface area (Å²) in [5, 5.41) is 24.3. The molecular weight excluding hydrogens is 508 g/mol. The molecule has 4 aromatic rings. The quantitative estimate of drug-likeness (QED) is 0.194. The van der Waals surface area contributed by atoms with Crippen LogP contribution in [0.4, 0.5) is 10.8 Å². The lowest BCUT2D eigenvalue weighted by atomic mass is 10.2. The van der Waals surface area contributed by atoms with Crippen molar-refractivity contribution in [1.29, 1.82) is 0 Å². The fourth-order valence-corrected chi connectivity index (χ4v) is 4.52. The number of anilines is 1. The lowest BCUT2D eigenvalue weighted by Gasteiger charge is -2.07. The van der Waals surface area contributed by atoms with E-state index >= 15 is 0 Å². The molecule has 2 aromatic carbocycles. The molecule has 0 radical (unpaired) electrons. The van der Waals surface area contributed by atoms with Crippen LogP contribution in [0.3, 0.4) is 0 Å². The van der Waals surface area contributed by atoms with Crippen LogP contribution in [0.25, 0.3) is 11.3 Å². The van der Waals surface area contributed by atoms with Crippen molar-refractivity contribution in [2.24, 2.45) is 7.05 Å². The van der Waals surface area contributed by atoms with Gasteiger partial charge in [0.25, 0.3) is 11.6 Å². The molecule has 0 bridgehead atoms. The Balaban J connectivity index is 1.36. The van der Waals surface area contributed by atoms with Crippen molar-refractivity contribution >= 4 is 45.8 Å². The van der Waals surface area contributed by atoms with E-state index in [0.717, 1.165) is 23.4 Å². The zero-order valence-corrected chi connectivity index (χ0v) is 20.5. The smallest absolute Gasteiger partial charge is 0.338 e. The van der Waals surface area contributed by atoms with Gasteiger partial charge in [0, 0.05) is 24.1 Å². The van der Waals surface area contributed by atoms with Crippen LogP contribution >= 0.6 is 23.1 Å². The predicted octanol–water partition coefficient (Wildman–Crippen LogP) is 3.80. The standard InChI is InChI=1S/C22H18N6O6S2/c1-27-12-23-26-22(27)36-18-8-5-14(9-17(18)28(31)32)20(30)34-10-19(29)25-21-24-16(11-35-21)13-3-6-15(33-2)7-4-13/h3-9,11-12H,10H2,1-2H3,(H,24,25,29). The topological polar surface area (TPSA) is 151 Å². The zero-order valence-electron chi connectivity index (χ0n) is 18.9. The van der Waals surface area contributed by atoms with Gasteiger partial charge in [0.1, 0.15) is 12.1 Å². The Morgan fingerprint density at radius 3 is 2.67 bits per heavy atom. The van der Waals surface area contributed by atoms with E-state index in [4.69, 9.17) is 9.47 Å². The number of thiazole rings is 1. The predicted molar refractivity (Wildman–Crippen MR) is 131 cm³/mol. The number of aryl methyl sites for hydroxylation is 1. The number of benzene rings is 2. The highest BCUT2D eigenvalue weighted by atomic mass is 32.2. The third-order valence-electron chi connectivity index (χ3n) is 4.73. The Morgan fingerprint density at radius 1 is 1.22 bits per heavy atom. The van der Waals surface area contributed by atoms with Crippen LogP contribution in [0.2, 0.25) is 0 Å². The lowest BCUT2D eigenvalue weighted by molar-refractivity contribution is -0.387. The molecule has 0 aliphatic rings. The number of amides is 1. The van der Waals surface area contributed by atoms with Gasteiger partial charge in [-0.25, -0.2) is 9.78 Å². The Morgan fingerprint density at radius 2 is 2.00 bits per heavy atom. The molecule has 0 aliphatic heterocycles. The summed E-state index contributed by atoms with van der Waals surface area (Å²) in [7, 11) is 3.28. The molecule has 2 aromatic heterocycles. The first kappa shape index (κ1) is 24.8. The van der Waals surface area contributed by atoms with E-state index in [2.05, 4.69) is 20.5 Å². The van der Waals surface area contributed by atoms with Gasteiger partial charge in [-0.2, -0.15) is 0 Å². The van der Waals surface area contributed by atoms with Crippen molar-refractivity contribution in [3.05, 3.63) is 69.8 Å². The van der Waals surface area contributed by atoms with Crippen molar-refractivity contribution in [3.63, 3.8) is 0 Å². The molecule has 0 unspecified atom stereocenters. The number of hydrogen-bond acceptors (Lipinski definition) is 11. The minimum absolute atomic E-state index is 0.0622. The molecular formula is C22H18N6O6S2. The van der Waals surface area contributed by atoms with E-state index in [1.807, 2.05) is 12.1 Å². The highest BCUT2D eigenvalue weighted by Gasteiger charge is 2.21. The monoisotopic (exact) mass is 526 g/mol. The maximum absolute atomic E-state index is 12.4. The number of methoxy groups -OCH3 is 1. The molecule has 0 aliphatic carbocycles. The lowest BCUT2D eigenvalue weighted by Crippen LogP contribution is -2.20. The fourth-order valence-electron chi connectivity index (χ4n) is 2.93. The third-order valence-corrected chi connectivity index (χ3v) is 6.61. The minimum Gasteiger partial charge on any atom is -0.497 e. The fraction of sp³-hybridized carbons (Fsp3) is 0.136. The minimum atomic E-state index is -0.874. The average Bonchev–Trinajstić information content (AvgIpc) is 3.51. The van der Waals surface area contributed by atoms with E-state index in [-0.39, 0.29) is 16.1 Å². The summed E-state index contributed by atoms with van der Waals surface area (Å²) in [4.78, 5) is 40.2. The van der Waals surface area contributed by atoms with Gasteiger partial charge in [-0.1, -0.05) is 0 Å². The highest BCUT2D eigenvalue weighted by molar-refractivity contribution is 7.99. The van der Waals surface area contributed by atoms with Crippen molar-refractivity contribution < 1.29 is 24.0 Å². The van der Waals surface area contributed by atoms with Crippen molar-refractivity contribution in [3.8, 4) is 17.0 Å². The molecule has 4 rings (SSSR count). The second-order valence-electron chi connectivity index (χ2n) is 7.16. The Labute approximate surface area is 212 Å². The number of nitro benzene ring substituents is 1. The largest absolute Gasteiger partial charge is 0.497 e. The molecule has 0 saturated heterocycles. The number of aromatic nitrogens is 4. The van der Waals surface area contributed by atoms with Crippen LogP contribution in [0, 0.1) is 10.1 Å². The number of rotatable bonds is 9. The molecule has 2 heterocycles. The summed E-state index contributed by atoms with van der Waals surface area (Å²) in [6.45, 7) is -0.584. The molecule has 1 amide bonds. The molecule has 14 heteroatoms. The van der Waals surface area contributed by atoms with Gasteiger partial charge in [-0.05, 0) is 48.2 Å². The van der Waals surface area contributed by atoms with E-state index < -0.39 is 23.4 Å². The van der Waals surface area contributed by atoms with Crippen molar-refractivity contribution in [2.45, 2.75) is 10.1 Å². The summed E-state index contributed by atoms with van der Waals surface area (Å²) in [6, 6.07) is 11.2. The number of nitro groups is 1. The first-order chi connectivity index (χ1) is 17.3. The summed E-state index contributed by atoms with van der Waals surface area (Å²) >= 11 is 2.26. The normalized spacial score (nSPS) is 10.6. The maximum atomic E-state index is 12.4. The Hall–Kier alpha value is -4.30. The van der Waals surface area contributed by atoms with Crippen LogP contribution < -0.4 is 10.1 Å². The molecule has 36 heavy (non-hydrogen) atoms. The molecule has 0 fully saturated rings. The first-order valence-electron chi connectivity index (χ1n) is 10.2. The highest BCUT2D eigenvalue weighted by Crippen LogP contribution is 2.34. The number of nitrogens with one attached hydrogen (secondary N) is 1. The van der Waals surface area contributed by atoms with E-state index in [1.165, 1.54) is 29.8 Å². The SMILES string of the molecule is COc1ccc(-c2csc(NC(=O)COC(=O)c3ccc(Sc4nncn4C)c([N+](=O)[O-])c3)n2)cc1. The van der Waals surface area contributed by atoms with E-state index in [0.29, 0.717) is 21.7 Å². The number of carbonyl (C=O) groups excluding carboxylic acids is 2. The summed E-state index contributed by atoms with van der Waals surface area (Å²) in [6.07, 6.45) is 1.47. The zero-order chi connectivity index (χ0) is 25.7. The molecule has 184 valence electrons. The van der Waals surface area contributed by atoms with E-state index in [9.17, 15) is 19.7 Å². The van der Waals surface area contributed by atoms with Crippen LogP contribution in [-0.4, -0.2) is 50.3 Å². The molecule has 0 spiro atoms. The van der Waals surface area contributed by atoms with Gasteiger partial charge in [0.05, 0.1) is 28.2 Å². The van der Waals surface area contributed by atoms with Gasteiger partial charge >= 0.3 is 5.97 Å². The number of carbonyl (C=O) groups is 2. The van der Waals surface area contributed by atoms with Crippen molar-refractivity contribution in [1.82, 2.24) is 19.7 Å². The third kappa shape index (κ3) is 5.84. The summed E-state index contributed by atoms with van der Waals surface area (Å²) < 4.78 is 11.8. The van der Waals surface area contributed by atoms with Gasteiger partial charge in [-0.15, -0.1) is 21.5 Å². The summed E-state index contributed by atoms with van der Waals surface area (Å²) in [5.74, 6) is -0.752. The van der Waals surface area contributed by atoms with Gasteiger partial charge < -0.3 is 14.0 Å². The summed E-state index contributed by atoms with van der Waals surface area (Å²) in [5.41, 5.74) is 1.16. The van der Waals surface area contributed by atoms with Gasteiger partial charge in [0.15, 0.2) is 16.9 Å². The Bertz CT molecular complexity index is 1420.